The second-order valence-electron chi connectivity index (χ2n) is 6.98. The summed E-state index contributed by atoms with van der Waals surface area (Å²) in [6, 6.07) is 25.7. The number of benzene rings is 3. The highest BCUT2D eigenvalue weighted by molar-refractivity contribution is 7.90. The Balaban J connectivity index is 1.81. The lowest BCUT2D eigenvalue weighted by atomic mass is 10.1. The van der Waals surface area contributed by atoms with Crippen molar-refractivity contribution in [2.45, 2.75) is 11.8 Å². The molecule has 5 nitrogen and oxygen atoms in total. The van der Waals surface area contributed by atoms with Crippen molar-refractivity contribution in [3.05, 3.63) is 101 Å². The maximum Gasteiger partial charge on any atom is 0.285 e. The number of rotatable bonds is 4. The standard InChI is InChI=1S/C24H18N2O3S2/c1-17-23(20-14-8-9-15-22(20)29-17)21-16-30-24(26(21)18-10-4-2-5-11-18)25-31(27,28)19-12-6-3-7-13-19/h2-16H,1H3/b25-24+. The van der Waals surface area contributed by atoms with E-state index in [2.05, 4.69) is 4.40 Å². The monoisotopic (exact) mass is 446 g/mol. The van der Waals surface area contributed by atoms with Crippen LogP contribution < -0.4 is 4.80 Å². The number of thiazole rings is 1. The molecule has 0 amide bonds. The van der Waals surface area contributed by atoms with Crippen molar-refractivity contribution < 1.29 is 12.8 Å². The van der Waals surface area contributed by atoms with Gasteiger partial charge in [0.2, 0.25) is 4.80 Å². The van der Waals surface area contributed by atoms with Crippen molar-refractivity contribution in [2.24, 2.45) is 4.40 Å². The third kappa shape index (κ3) is 3.52. The number of hydrogen-bond acceptors (Lipinski definition) is 4. The summed E-state index contributed by atoms with van der Waals surface area (Å²) in [6.07, 6.45) is 0. The Morgan fingerprint density at radius 2 is 1.52 bits per heavy atom. The molecular formula is C24H18N2O3S2. The summed E-state index contributed by atoms with van der Waals surface area (Å²) in [5, 5.41) is 2.90. The van der Waals surface area contributed by atoms with E-state index in [0.29, 0.717) is 4.80 Å². The molecule has 5 rings (SSSR count). The largest absolute Gasteiger partial charge is 0.461 e. The molecule has 7 heteroatoms. The minimum Gasteiger partial charge on any atom is -0.461 e. The van der Waals surface area contributed by atoms with Gasteiger partial charge in [0.15, 0.2) is 0 Å². The van der Waals surface area contributed by atoms with Crippen LogP contribution in [0.1, 0.15) is 5.76 Å². The van der Waals surface area contributed by atoms with Crippen LogP contribution in [0.3, 0.4) is 0 Å². The zero-order chi connectivity index (χ0) is 21.4. The molecule has 0 spiro atoms. The molecule has 0 aliphatic rings. The van der Waals surface area contributed by atoms with E-state index in [4.69, 9.17) is 4.42 Å². The predicted octanol–water partition coefficient (Wildman–Crippen LogP) is 5.55. The Labute approximate surface area is 183 Å². The lowest BCUT2D eigenvalue weighted by Crippen LogP contribution is -2.16. The summed E-state index contributed by atoms with van der Waals surface area (Å²) < 4.78 is 38.0. The summed E-state index contributed by atoms with van der Waals surface area (Å²) in [5.41, 5.74) is 3.37. The summed E-state index contributed by atoms with van der Waals surface area (Å²) in [5.74, 6) is 0.765. The first-order chi connectivity index (χ1) is 15.0. The quantitative estimate of drug-likeness (QED) is 0.364. The Hall–Kier alpha value is -3.42. The Kier molecular flexibility index (Phi) is 4.84. The average Bonchev–Trinajstić information content (AvgIpc) is 3.34. The molecule has 3 aromatic carbocycles. The normalized spacial score (nSPS) is 12.5. The van der Waals surface area contributed by atoms with Gasteiger partial charge in [-0.2, -0.15) is 8.42 Å². The maximum atomic E-state index is 13.0. The zero-order valence-electron chi connectivity index (χ0n) is 16.6. The number of aromatic nitrogens is 1. The van der Waals surface area contributed by atoms with E-state index in [9.17, 15) is 8.42 Å². The molecule has 0 saturated heterocycles. The summed E-state index contributed by atoms with van der Waals surface area (Å²) in [7, 11) is -3.86. The van der Waals surface area contributed by atoms with Crippen LogP contribution in [0.15, 0.2) is 104 Å². The zero-order valence-corrected chi connectivity index (χ0v) is 18.2. The second-order valence-corrected chi connectivity index (χ2v) is 9.42. The first-order valence-electron chi connectivity index (χ1n) is 9.65. The van der Waals surface area contributed by atoms with Gasteiger partial charge < -0.3 is 4.42 Å². The lowest BCUT2D eigenvalue weighted by Gasteiger charge is -2.09. The molecule has 2 aromatic heterocycles. The van der Waals surface area contributed by atoms with E-state index >= 15 is 0 Å². The van der Waals surface area contributed by atoms with E-state index in [-0.39, 0.29) is 4.90 Å². The number of hydrogen-bond donors (Lipinski definition) is 0. The van der Waals surface area contributed by atoms with Crippen LogP contribution in [-0.2, 0) is 10.0 Å². The smallest absolute Gasteiger partial charge is 0.285 e. The van der Waals surface area contributed by atoms with E-state index in [0.717, 1.165) is 33.7 Å². The Morgan fingerprint density at radius 3 is 2.26 bits per heavy atom. The van der Waals surface area contributed by atoms with Gasteiger partial charge in [0.1, 0.15) is 11.3 Å². The molecule has 0 unspecified atom stereocenters. The minimum absolute atomic E-state index is 0.162. The van der Waals surface area contributed by atoms with Crippen molar-refractivity contribution in [2.75, 3.05) is 0 Å². The van der Waals surface area contributed by atoms with Crippen LogP contribution in [0.2, 0.25) is 0 Å². The number of fused-ring (bicyclic) bond motifs is 1. The van der Waals surface area contributed by atoms with Gasteiger partial charge in [0, 0.05) is 22.0 Å². The third-order valence-corrected chi connectivity index (χ3v) is 7.21. The molecule has 154 valence electrons. The highest BCUT2D eigenvalue weighted by atomic mass is 32.2. The van der Waals surface area contributed by atoms with Gasteiger partial charge in [-0.1, -0.05) is 54.6 Å². The molecule has 0 aliphatic heterocycles. The van der Waals surface area contributed by atoms with Crippen molar-refractivity contribution in [1.29, 1.82) is 0 Å². The first kappa shape index (κ1) is 19.5. The van der Waals surface area contributed by atoms with E-state index < -0.39 is 10.0 Å². The van der Waals surface area contributed by atoms with Gasteiger partial charge in [-0.3, -0.25) is 4.57 Å². The lowest BCUT2D eigenvalue weighted by molar-refractivity contribution is 0.579. The third-order valence-electron chi connectivity index (χ3n) is 4.99. The van der Waals surface area contributed by atoms with Gasteiger partial charge in [-0.05, 0) is 37.3 Å². The Bertz CT molecular complexity index is 1540. The summed E-state index contributed by atoms with van der Waals surface area (Å²) >= 11 is 1.28. The van der Waals surface area contributed by atoms with E-state index in [1.807, 2.05) is 71.5 Å². The molecule has 0 aliphatic carbocycles. The summed E-state index contributed by atoms with van der Waals surface area (Å²) in [6.45, 7) is 1.92. The molecule has 0 saturated carbocycles. The minimum atomic E-state index is -3.86. The van der Waals surface area contributed by atoms with Gasteiger partial charge >= 0.3 is 0 Å². The molecule has 2 heterocycles. The summed E-state index contributed by atoms with van der Waals surface area (Å²) in [4.78, 5) is 0.532. The second kappa shape index (κ2) is 7.68. The molecule has 0 radical (unpaired) electrons. The van der Waals surface area contributed by atoms with Crippen LogP contribution >= 0.6 is 11.3 Å². The topological polar surface area (TPSA) is 64.6 Å². The fraction of sp³-hybridized carbons (Fsp3) is 0.0417. The predicted molar refractivity (Wildman–Crippen MR) is 123 cm³/mol. The number of sulfonamides is 1. The van der Waals surface area contributed by atoms with Gasteiger partial charge in [0.05, 0.1) is 10.6 Å². The number of furan rings is 1. The molecular weight excluding hydrogens is 428 g/mol. The van der Waals surface area contributed by atoms with Crippen LogP contribution in [0.25, 0.3) is 27.9 Å². The van der Waals surface area contributed by atoms with Crippen LogP contribution in [0, 0.1) is 6.92 Å². The molecule has 0 N–H and O–H groups in total. The highest BCUT2D eigenvalue weighted by Gasteiger charge is 2.20. The van der Waals surface area contributed by atoms with Crippen LogP contribution in [-0.4, -0.2) is 13.0 Å². The van der Waals surface area contributed by atoms with Crippen LogP contribution in [0.4, 0.5) is 0 Å². The molecule has 0 bridgehead atoms. The molecule has 5 aromatic rings. The van der Waals surface area contributed by atoms with E-state index in [1.165, 1.54) is 11.3 Å². The van der Waals surface area contributed by atoms with Crippen molar-refractivity contribution in [3.63, 3.8) is 0 Å². The van der Waals surface area contributed by atoms with Gasteiger partial charge in [0.25, 0.3) is 10.0 Å². The SMILES string of the molecule is Cc1oc2ccccc2c1-c1cs/c(=N/S(=O)(=O)c2ccccc2)n1-c1ccccc1. The maximum absolute atomic E-state index is 13.0. The molecule has 0 fully saturated rings. The van der Waals surface area contributed by atoms with Crippen LogP contribution in [0.5, 0.6) is 0 Å². The average molecular weight is 447 g/mol. The highest BCUT2D eigenvalue weighted by Crippen LogP contribution is 2.35. The fourth-order valence-electron chi connectivity index (χ4n) is 3.61. The van der Waals surface area contributed by atoms with E-state index in [1.54, 1.807) is 30.3 Å². The van der Waals surface area contributed by atoms with Gasteiger partial charge in [-0.15, -0.1) is 15.7 Å². The molecule has 0 atom stereocenters. The van der Waals surface area contributed by atoms with Gasteiger partial charge in [-0.25, -0.2) is 0 Å². The van der Waals surface area contributed by atoms with Crippen molar-refractivity contribution >= 4 is 32.3 Å². The first-order valence-corrected chi connectivity index (χ1v) is 12.0. The number of para-hydroxylation sites is 2. The number of aryl methyl sites for hydroxylation is 1. The Morgan fingerprint density at radius 1 is 0.871 bits per heavy atom. The van der Waals surface area contributed by atoms with Crippen molar-refractivity contribution in [3.8, 4) is 16.9 Å². The fourth-order valence-corrected chi connectivity index (χ4v) is 5.72. The number of nitrogens with zero attached hydrogens (tertiary/aromatic N) is 2. The van der Waals surface area contributed by atoms with Crippen molar-refractivity contribution in [1.82, 2.24) is 4.57 Å². The molecule has 31 heavy (non-hydrogen) atoms.